The lowest BCUT2D eigenvalue weighted by Crippen LogP contribution is -2.30. The van der Waals surface area contributed by atoms with Gasteiger partial charge in [-0.1, -0.05) is 261 Å². The van der Waals surface area contributed by atoms with Crippen molar-refractivity contribution in [2.75, 3.05) is 13.2 Å². The Balaban J connectivity index is 4.07. The van der Waals surface area contributed by atoms with Crippen molar-refractivity contribution < 1.29 is 28.6 Å². The molecule has 0 bridgehead atoms. The number of ether oxygens (including phenoxy) is 3. The number of rotatable bonds is 54. The standard InChI is InChI=1S/C64H112O6/c1-4-7-10-13-16-19-21-23-24-25-26-27-28-29-30-31-32-33-34-35-36-37-38-39-40-41-43-45-48-51-54-57-63(66)69-60-61(59-68-62(65)56-53-50-47-44-18-15-12-9-6-3)70-64(67)58-55-52-49-46-42-22-20-17-14-11-8-5-2/h7,10,16-17,19-20,23-24,26-27,29-30,61H,4-6,8-9,11-15,18,21-22,25,28,31-60H2,1-3H3/b10-7-,19-16-,20-17-,24-23-,27-26-,30-29-. The Hall–Kier alpha value is -3.15. The quantitative estimate of drug-likeness (QED) is 0.0261. The van der Waals surface area contributed by atoms with Gasteiger partial charge in [0.25, 0.3) is 0 Å². The van der Waals surface area contributed by atoms with Crippen LogP contribution in [0.15, 0.2) is 72.9 Å². The monoisotopic (exact) mass is 977 g/mol. The van der Waals surface area contributed by atoms with Crippen molar-refractivity contribution >= 4 is 17.9 Å². The first kappa shape index (κ1) is 66.9. The predicted molar refractivity (Wildman–Crippen MR) is 302 cm³/mol. The van der Waals surface area contributed by atoms with Crippen LogP contribution in [0.3, 0.4) is 0 Å². The zero-order valence-corrected chi connectivity index (χ0v) is 46.3. The minimum atomic E-state index is -0.774. The molecule has 0 N–H and O–H groups in total. The maximum Gasteiger partial charge on any atom is 0.306 e. The molecule has 0 aliphatic rings. The van der Waals surface area contributed by atoms with Gasteiger partial charge in [0, 0.05) is 19.3 Å². The molecule has 70 heavy (non-hydrogen) atoms. The largest absolute Gasteiger partial charge is 0.462 e. The van der Waals surface area contributed by atoms with E-state index in [9.17, 15) is 14.4 Å². The fraction of sp³-hybridized carbons (Fsp3) is 0.766. The smallest absolute Gasteiger partial charge is 0.306 e. The Morgan fingerprint density at radius 1 is 0.300 bits per heavy atom. The summed E-state index contributed by atoms with van der Waals surface area (Å²) in [6.07, 6.45) is 74.9. The molecule has 6 nitrogen and oxygen atoms in total. The van der Waals surface area contributed by atoms with Gasteiger partial charge in [-0.05, 0) is 89.9 Å². The Morgan fingerprint density at radius 3 is 0.914 bits per heavy atom. The van der Waals surface area contributed by atoms with Crippen LogP contribution in [0.25, 0.3) is 0 Å². The van der Waals surface area contributed by atoms with E-state index in [1.54, 1.807) is 0 Å². The summed E-state index contributed by atoms with van der Waals surface area (Å²) < 4.78 is 16.8. The third-order valence-electron chi connectivity index (χ3n) is 12.9. The van der Waals surface area contributed by atoms with E-state index < -0.39 is 6.10 Å². The molecule has 1 atom stereocenters. The summed E-state index contributed by atoms with van der Waals surface area (Å²) in [7, 11) is 0. The predicted octanol–water partition coefficient (Wildman–Crippen LogP) is 20.2. The number of carbonyl (C=O) groups is 3. The summed E-state index contributed by atoms with van der Waals surface area (Å²) in [6, 6.07) is 0. The molecule has 0 aliphatic carbocycles. The minimum absolute atomic E-state index is 0.0747. The van der Waals surface area contributed by atoms with Crippen LogP contribution >= 0.6 is 0 Å². The van der Waals surface area contributed by atoms with Crippen molar-refractivity contribution in [1.29, 1.82) is 0 Å². The van der Waals surface area contributed by atoms with Gasteiger partial charge in [0.15, 0.2) is 6.10 Å². The topological polar surface area (TPSA) is 78.9 Å². The van der Waals surface area contributed by atoms with Gasteiger partial charge in [-0.2, -0.15) is 0 Å². The second kappa shape index (κ2) is 58.4. The van der Waals surface area contributed by atoms with E-state index >= 15 is 0 Å². The molecule has 6 heteroatoms. The second-order valence-electron chi connectivity index (χ2n) is 19.9. The average Bonchev–Trinajstić information content (AvgIpc) is 3.36. The highest BCUT2D eigenvalue weighted by molar-refractivity contribution is 5.71. The van der Waals surface area contributed by atoms with Crippen LogP contribution in [-0.2, 0) is 28.6 Å². The Bertz CT molecular complexity index is 1310. The summed E-state index contributed by atoms with van der Waals surface area (Å²) in [4.78, 5) is 38.0. The van der Waals surface area contributed by atoms with Crippen molar-refractivity contribution in [3.05, 3.63) is 72.9 Å². The van der Waals surface area contributed by atoms with Crippen LogP contribution < -0.4 is 0 Å². The molecule has 1 unspecified atom stereocenters. The van der Waals surface area contributed by atoms with Crippen molar-refractivity contribution in [3.63, 3.8) is 0 Å². The van der Waals surface area contributed by atoms with Crippen molar-refractivity contribution in [2.24, 2.45) is 0 Å². The highest BCUT2D eigenvalue weighted by Crippen LogP contribution is 2.16. The fourth-order valence-electron chi connectivity index (χ4n) is 8.47. The molecule has 0 aromatic rings. The third-order valence-corrected chi connectivity index (χ3v) is 12.9. The number of hydrogen-bond acceptors (Lipinski definition) is 6. The highest BCUT2D eigenvalue weighted by atomic mass is 16.6. The van der Waals surface area contributed by atoms with Crippen molar-refractivity contribution in [2.45, 2.75) is 303 Å². The minimum Gasteiger partial charge on any atom is -0.462 e. The SMILES string of the molecule is CC/C=C\C/C=C\C/C=C\C/C=C\C/C=C\CCCCCCCCCCCCCCCCCC(=O)OCC(COC(=O)CCCCCCCCCCC)OC(=O)CCCCCCC/C=C\CCCCC. The zero-order chi connectivity index (χ0) is 50.7. The Labute approximate surface area is 433 Å². The van der Waals surface area contributed by atoms with E-state index in [4.69, 9.17) is 14.2 Å². The molecule has 0 radical (unpaired) electrons. The lowest BCUT2D eigenvalue weighted by molar-refractivity contribution is -0.167. The number of esters is 3. The number of hydrogen-bond donors (Lipinski definition) is 0. The molecule has 0 aliphatic heterocycles. The molecule has 404 valence electrons. The van der Waals surface area contributed by atoms with Gasteiger partial charge in [-0.3, -0.25) is 14.4 Å². The first-order chi connectivity index (χ1) is 34.5. The number of allylic oxidation sites excluding steroid dienone is 12. The van der Waals surface area contributed by atoms with E-state index in [1.807, 2.05) is 0 Å². The normalized spacial score (nSPS) is 12.6. The average molecular weight is 978 g/mol. The summed E-state index contributed by atoms with van der Waals surface area (Å²) in [5, 5.41) is 0. The maximum absolute atomic E-state index is 12.8. The molecular formula is C64H112O6. The first-order valence-electron chi connectivity index (χ1n) is 29.9. The molecule has 0 aromatic heterocycles. The van der Waals surface area contributed by atoms with Crippen LogP contribution in [-0.4, -0.2) is 37.2 Å². The number of unbranched alkanes of at least 4 members (excludes halogenated alkanes) is 31. The third kappa shape index (κ3) is 55.8. The molecule has 0 heterocycles. The lowest BCUT2D eigenvalue weighted by Gasteiger charge is -2.18. The maximum atomic E-state index is 12.8. The number of carbonyl (C=O) groups excluding carboxylic acids is 3. The van der Waals surface area contributed by atoms with Gasteiger partial charge in [0.05, 0.1) is 0 Å². The van der Waals surface area contributed by atoms with Gasteiger partial charge >= 0.3 is 17.9 Å². The zero-order valence-electron chi connectivity index (χ0n) is 46.3. The van der Waals surface area contributed by atoms with Gasteiger partial charge in [-0.15, -0.1) is 0 Å². The summed E-state index contributed by atoms with van der Waals surface area (Å²) in [5.74, 6) is -0.878. The molecule has 0 saturated heterocycles. The Kier molecular flexibility index (Phi) is 55.8. The molecule has 0 rings (SSSR count). The second-order valence-corrected chi connectivity index (χ2v) is 19.9. The summed E-state index contributed by atoms with van der Waals surface area (Å²) >= 11 is 0. The van der Waals surface area contributed by atoms with E-state index in [0.29, 0.717) is 19.3 Å². The van der Waals surface area contributed by atoms with Crippen LogP contribution in [0.2, 0.25) is 0 Å². The van der Waals surface area contributed by atoms with E-state index in [2.05, 4.69) is 93.7 Å². The summed E-state index contributed by atoms with van der Waals surface area (Å²) in [5.41, 5.74) is 0. The van der Waals surface area contributed by atoms with Crippen LogP contribution in [0, 0.1) is 0 Å². The first-order valence-corrected chi connectivity index (χ1v) is 29.9. The molecule has 0 amide bonds. The van der Waals surface area contributed by atoms with Gasteiger partial charge in [0.2, 0.25) is 0 Å². The van der Waals surface area contributed by atoms with Crippen molar-refractivity contribution in [3.8, 4) is 0 Å². The fourth-order valence-corrected chi connectivity index (χ4v) is 8.47. The molecule has 0 aromatic carbocycles. The highest BCUT2D eigenvalue weighted by Gasteiger charge is 2.19. The Morgan fingerprint density at radius 2 is 0.557 bits per heavy atom. The molecular weight excluding hydrogens is 865 g/mol. The van der Waals surface area contributed by atoms with E-state index in [0.717, 1.165) is 103 Å². The molecule has 0 fully saturated rings. The molecule has 0 spiro atoms. The summed E-state index contributed by atoms with van der Waals surface area (Å²) in [6.45, 7) is 6.49. The van der Waals surface area contributed by atoms with Crippen LogP contribution in [0.5, 0.6) is 0 Å². The lowest BCUT2D eigenvalue weighted by atomic mass is 10.0. The van der Waals surface area contributed by atoms with Crippen molar-refractivity contribution in [1.82, 2.24) is 0 Å². The van der Waals surface area contributed by atoms with Gasteiger partial charge < -0.3 is 14.2 Å². The van der Waals surface area contributed by atoms with Crippen LogP contribution in [0.4, 0.5) is 0 Å². The van der Waals surface area contributed by atoms with E-state index in [1.165, 1.54) is 154 Å². The van der Waals surface area contributed by atoms with Gasteiger partial charge in [-0.25, -0.2) is 0 Å². The van der Waals surface area contributed by atoms with Crippen LogP contribution in [0.1, 0.15) is 297 Å². The molecule has 0 saturated carbocycles. The van der Waals surface area contributed by atoms with E-state index in [-0.39, 0.29) is 31.1 Å². The van der Waals surface area contributed by atoms with Gasteiger partial charge in [0.1, 0.15) is 13.2 Å².